The molecule has 0 amide bonds. The van der Waals surface area contributed by atoms with E-state index in [1.54, 1.807) is 16.8 Å². The van der Waals surface area contributed by atoms with Gasteiger partial charge in [-0.15, -0.1) is 0 Å². The third kappa shape index (κ3) is 6.43. The Morgan fingerprint density at radius 2 is 1.84 bits per heavy atom. The second kappa shape index (κ2) is 8.99. The predicted octanol–water partition coefficient (Wildman–Crippen LogP) is 2.28. The molecule has 0 saturated carbocycles. The molecule has 1 aromatic heterocycles. The summed E-state index contributed by atoms with van der Waals surface area (Å²) in [7, 11) is -16.4. The number of benzene rings is 1. The van der Waals surface area contributed by atoms with Crippen LogP contribution in [-0.4, -0.2) is 48.1 Å². The van der Waals surface area contributed by atoms with Gasteiger partial charge in [0.05, 0.1) is 18.2 Å². The van der Waals surface area contributed by atoms with E-state index in [0.29, 0.717) is 0 Å². The number of fused-ring (bicyclic) bond motifs is 1. The van der Waals surface area contributed by atoms with E-state index >= 15 is 0 Å². The lowest BCUT2D eigenvalue weighted by molar-refractivity contribution is -0.0420. The van der Waals surface area contributed by atoms with Crippen LogP contribution in [0.5, 0.6) is 0 Å². The minimum Gasteiger partial charge on any atom is -0.390 e. The maximum atomic E-state index is 11.8. The number of nitrogens with zero attached hydrogens (tertiary/aromatic N) is 1. The minimum absolute atomic E-state index is 0.122. The zero-order valence-corrected chi connectivity index (χ0v) is 18.4. The lowest BCUT2D eigenvalue weighted by Gasteiger charge is -2.19. The standard InChI is InChI=1S/C15H20NO12P3/c1-2-10-3-4-12-11(7-10)5-6-16(12)15-8-13(17)14(26-15)9-25-30(21,22)28-31(23,24)27-29(18,19)20/h2-7,13-15,17H,1,8-9H2,(H,21,22)(H,23,24)(H2,18,19,20)/t13-,14+,15+/m0/s1. The average molecular weight is 499 g/mol. The predicted molar refractivity (Wildman–Crippen MR) is 106 cm³/mol. The van der Waals surface area contributed by atoms with Crippen LogP contribution in [0.3, 0.4) is 0 Å². The van der Waals surface area contributed by atoms with Crippen molar-refractivity contribution in [1.29, 1.82) is 0 Å². The Hall–Kier alpha value is -1.17. The first-order valence-electron chi connectivity index (χ1n) is 8.63. The Kier molecular flexibility index (Phi) is 7.10. The molecule has 31 heavy (non-hydrogen) atoms. The number of ether oxygens (including phenoxy) is 1. The number of hydrogen-bond acceptors (Lipinski definition) is 8. The van der Waals surface area contributed by atoms with Crippen LogP contribution in [0.4, 0.5) is 0 Å². The fourth-order valence-electron chi connectivity index (χ4n) is 3.07. The summed E-state index contributed by atoms with van der Waals surface area (Å²) in [6.07, 6.45) is 0.737. The van der Waals surface area contributed by atoms with Crippen LogP contribution < -0.4 is 0 Å². The topological polar surface area (TPSA) is 194 Å². The van der Waals surface area contributed by atoms with Gasteiger partial charge in [0.15, 0.2) is 0 Å². The van der Waals surface area contributed by atoms with Gasteiger partial charge in [0.2, 0.25) is 0 Å². The third-order valence-electron chi connectivity index (χ3n) is 4.31. The Morgan fingerprint density at radius 1 is 1.13 bits per heavy atom. The molecule has 0 radical (unpaired) electrons. The molecule has 0 aliphatic carbocycles. The van der Waals surface area contributed by atoms with Crippen LogP contribution in [0.25, 0.3) is 17.0 Å². The molecule has 172 valence electrons. The minimum atomic E-state index is -5.61. The Bertz CT molecular complexity index is 1110. The van der Waals surface area contributed by atoms with Gasteiger partial charge in [-0.05, 0) is 23.8 Å². The number of rotatable bonds is 9. The van der Waals surface area contributed by atoms with E-state index in [9.17, 15) is 23.7 Å². The summed E-state index contributed by atoms with van der Waals surface area (Å²) >= 11 is 0. The van der Waals surface area contributed by atoms with Gasteiger partial charge in [-0.3, -0.25) is 4.52 Å². The van der Waals surface area contributed by atoms with Crippen molar-refractivity contribution in [2.75, 3.05) is 6.61 Å². The Balaban J connectivity index is 1.64. The fraction of sp³-hybridized carbons (Fsp3) is 0.333. The fourth-order valence-corrected chi connectivity index (χ4v) is 6.10. The van der Waals surface area contributed by atoms with E-state index in [1.165, 1.54) is 0 Å². The number of aliphatic hydroxyl groups is 1. The maximum absolute atomic E-state index is 11.8. The van der Waals surface area contributed by atoms with Crippen LogP contribution >= 0.6 is 23.5 Å². The Labute approximate surface area is 175 Å². The van der Waals surface area contributed by atoms with Crippen molar-refractivity contribution < 1.29 is 56.3 Å². The summed E-state index contributed by atoms with van der Waals surface area (Å²) in [5, 5.41) is 11.1. The van der Waals surface area contributed by atoms with Gasteiger partial charge in [-0.2, -0.15) is 8.62 Å². The van der Waals surface area contributed by atoms with E-state index in [0.717, 1.165) is 16.5 Å². The van der Waals surface area contributed by atoms with Crippen LogP contribution in [0.15, 0.2) is 37.0 Å². The number of aliphatic hydroxyl groups excluding tert-OH is 1. The molecular formula is C15H20NO12P3. The molecule has 5 atom stereocenters. The lowest BCUT2D eigenvalue weighted by atomic mass is 10.1. The molecular weight excluding hydrogens is 479 g/mol. The smallest absolute Gasteiger partial charge is 0.390 e. The molecule has 16 heteroatoms. The summed E-state index contributed by atoms with van der Waals surface area (Å²) in [6, 6.07) is 7.46. The van der Waals surface area contributed by atoms with Crippen molar-refractivity contribution in [3.05, 3.63) is 42.6 Å². The maximum Gasteiger partial charge on any atom is 0.490 e. The van der Waals surface area contributed by atoms with Crippen molar-refractivity contribution in [3.63, 3.8) is 0 Å². The summed E-state index contributed by atoms with van der Waals surface area (Å²) in [5.41, 5.74) is 1.74. The third-order valence-corrected chi connectivity index (χ3v) is 8.12. The van der Waals surface area contributed by atoms with E-state index in [-0.39, 0.29) is 6.42 Å². The summed E-state index contributed by atoms with van der Waals surface area (Å²) in [6.45, 7) is 2.99. The summed E-state index contributed by atoms with van der Waals surface area (Å²) < 4.78 is 53.0. The van der Waals surface area contributed by atoms with Gasteiger partial charge in [-0.25, -0.2) is 13.7 Å². The zero-order chi connectivity index (χ0) is 23.0. The Morgan fingerprint density at radius 3 is 2.48 bits per heavy atom. The first-order chi connectivity index (χ1) is 14.3. The molecule has 13 nitrogen and oxygen atoms in total. The second-order valence-electron chi connectivity index (χ2n) is 6.56. The van der Waals surface area contributed by atoms with E-state index < -0.39 is 48.5 Å². The van der Waals surface area contributed by atoms with Crippen LogP contribution in [-0.2, 0) is 31.6 Å². The molecule has 2 aromatic rings. The van der Waals surface area contributed by atoms with Crippen LogP contribution in [0.2, 0.25) is 0 Å². The zero-order valence-electron chi connectivity index (χ0n) is 15.7. The molecule has 2 heterocycles. The van der Waals surface area contributed by atoms with Crippen molar-refractivity contribution in [2.45, 2.75) is 24.9 Å². The summed E-state index contributed by atoms with van der Waals surface area (Å²) in [4.78, 5) is 35.7. The molecule has 1 saturated heterocycles. The van der Waals surface area contributed by atoms with Crippen molar-refractivity contribution >= 4 is 40.4 Å². The largest absolute Gasteiger partial charge is 0.490 e. The number of phosphoric ester groups is 1. The molecule has 0 spiro atoms. The molecule has 3 rings (SSSR count). The van der Waals surface area contributed by atoms with Gasteiger partial charge in [-0.1, -0.05) is 18.7 Å². The molecule has 1 aliphatic rings. The highest BCUT2D eigenvalue weighted by atomic mass is 31.3. The number of phosphoric acid groups is 3. The highest BCUT2D eigenvalue weighted by Crippen LogP contribution is 2.66. The first-order valence-corrected chi connectivity index (χ1v) is 13.2. The van der Waals surface area contributed by atoms with Crippen molar-refractivity contribution in [2.24, 2.45) is 0 Å². The van der Waals surface area contributed by atoms with Crippen LogP contribution in [0.1, 0.15) is 18.2 Å². The quantitative estimate of drug-likeness (QED) is 0.316. The van der Waals surface area contributed by atoms with Gasteiger partial charge in [0, 0.05) is 18.0 Å². The lowest BCUT2D eigenvalue weighted by Crippen LogP contribution is -2.26. The first kappa shape index (κ1) is 24.5. The number of hydrogen-bond donors (Lipinski definition) is 5. The number of aromatic nitrogens is 1. The van der Waals surface area contributed by atoms with E-state index in [4.69, 9.17) is 19.4 Å². The van der Waals surface area contributed by atoms with Gasteiger partial charge < -0.3 is 34.0 Å². The van der Waals surface area contributed by atoms with Crippen molar-refractivity contribution in [1.82, 2.24) is 4.57 Å². The van der Waals surface area contributed by atoms with E-state index in [1.807, 2.05) is 24.3 Å². The molecule has 1 aromatic carbocycles. The highest BCUT2D eigenvalue weighted by Gasteiger charge is 2.42. The average Bonchev–Trinajstić information content (AvgIpc) is 3.19. The van der Waals surface area contributed by atoms with Crippen LogP contribution in [0, 0.1) is 0 Å². The SMILES string of the molecule is C=Cc1ccc2c(ccn2[C@H]2C[C@H](O)[C@@H](COP(=O)(O)OP(=O)(O)OP(=O)(O)O)O2)c1. The molecule has 1 aliphatic heterocycles. The highest BCUT2D eigenvalue weighted by molar-refractivity contribution is 7.66. The molecule has 5 N–H and O–H groups in total. The van der Waals surface area contributed by atoms with Crippen molar-refractivity contribution in [3.8, 4) is 0 Å². The van der Waals surface area contributed by atoms with Gasteiger partial charge in [0.25, 0.3) is 0 Å². The monoisotopic (exact) mass is 499 g/mol. The summed E-state index contributed by atoms with van der Waals surface area (Å²) in [5.74, 6) is 0. The molecule has 0 bridgehead atoms. The molecule has 1 fully saturated rings. The van der Waals surface area contributed by atoms with Gasteiger partial charge in [0.1, 0.15) is 12.3 Å². The normalized spacial score (nSPS) is 25.9. The van der Waals surface area contributed by atoms with E-state index in [2.05, 4.69) is 19.7 Å². The molecule has 2 unspecified atom stereocenters. The van der Waals surface area contributed by atoms with Gasteiger partial charge >= 0.3 is 23.5 Å². The second-order valence-corrected chi connectivity index (χ2v) is 11.0.